The minimum Gasteiger partial charge on any atom is -0.494 e. The van der Waals surface area contributed by atoms with Gasteiger partial charge < -0.3 is 9.84 Å². The number of hydrogen-bond acceptors (Lipinski definition) is 4. The second kappa shape index (κ2) is 4.77. The van der Waals surface area contributed by atoms with E-state index in [1.165, 1.54) is 6.07 Å². The number of benzene rings is 2. The van der Waals surface area contributed by atoms with Crippen LogP contribution in [-0.4, -0.2) is 27.7 Å². The lowest BCUT2D eigenvalue weighted by Crippen LogP contribution is -2.00. The first-order valence-electron chi connectivity index (χ1n) is 6.25. The number of ether oxygens (including phenoxy) is 1. The van der Waals surface area contributed by atoms with Crippen LogP contribution < -0.4 is 4.74 Å². The molecule has 100 valence electrons. The number of fused-ring (bicyclic) bond motifs is 2. The minimum atomic E-state index is -1.01. The van der Waals surface area contributed by atoms with Gasteiger partial charge in [-0.15, -0.1) is 0 Å². The minimum absolute atomic E-state index is 0.152. The molecule has 3 rings (SSSR count). The molecule has 0 bridgehead atoms. The van der Waals surface area contributed by atoms with Gasteiger partial charge in [0, 0.05) is 6.07 Å². The maximum atomic E-state index is 11.2. The molecule has 1 N–H and O–H groups in total. The fourth-order valence-electron chi connectivity index (χ4n) is 2.11. The molecule has 0 radical (unpaired) electrons. The summed E-state index contributed by atoms with van der Waals surface area (Å²) in [5, 5.41) is 9.20. The lowest BCUT2D eigenvalue weighted by atomic mass is 10.1. The third-order valence-corrected chi connectivity index (χ3v) is 2.98. The zero-order valence-corrected chi connectivity index (χ0v) is 10.8. The average Bonchev–Trinajstić information content (AvgIpc) is 2.44. The largest absolute Gasteiger partial charge is 0.494 e. The average molecular weight is 268 g/mol. The fraction of sp³-hybridized carbons (Fsp3) is 0.133. The van der Waals surface area contributed by atoms with Gasteiger partial charge in [-0.2, -0.15) is 0 Å². The third-order valence-electron chi connectivity index (χ3n) is 2.98. The van der Waals surface area contributed by atoms with Crippen LogP contribution in [0.1, 0.15) is 17.3 Å². The molecule has 5 heteroatoms. The van der Waals surface area contributed by atoms with Crippen molar-refractivity contribution in [1.29, 1.82) is 0 Å². The van der Waals surface area contributed by atoms with E-state index in [-0.39, 0.29) is 5.56 Å². The highest BCUT2D eigenvalue weighted by Gasteiger charge is 2.11. The monoisotopic (exact) mass is 268 g/mol. The Balaban J connectivity index is 2.30. The molecular formula is C15H12N2O3. The summed E-state index contributed by atoms with van der Waals surface area (Å²) in [5.74, 6) is -0.313. The van der Waals surface area contributed by atoms with Gasteiger partial charge in [0.05, 0.1) is 28.7 Å². The van der Waals surface area contributed by atoms with Gasteiger partial charge in [-0.3, -0.25) is 0 Å². The van der Waals surface area contributed by atoms with Crippen LogP contribution in [0.2, 0.25) is 0 Å². The first-order chi connectivity index (χ1) is 9.69. The van der Waals surface area contributed by atoms with Gasteiger partial charge in [-0.1, -0.05) is 6.07 Å². The van der Waals surface area contributed by atoms with E-state index < -0.39 is 5.97 Å². The van der Waals surface area contributed by atoms with Crippen LogP contribution in [-0.2, 0) is 0 Å². The molecule has 1 heterocycles. The highest BCUT2D eigenvalue weighted by Crippen LogP contribution is 2.22. The standard InChI is InChI=1S/C15H12N2O3/c1-2-20-9-6-7-11-13(8-9)17-14-10(15(18)19)4-3-5-12(14)16-11/h3-8H,2H2,1H3,(H,18,19). The Morgan fingerprint density at radius 2 is 2.00 bits per heavy atom. The van der Waals surface area contributed by atoms with E-state index in [1.807, 2.05) is 19.1 Å². The predicted octanol–water partition coefficient (Wildman–Crippen LogP) is 2.88. The summed E-state index contributed by atoms with van der Waals surface area (Å²) in [6, 6.07) is 10.4. The van der Waals surface area contributed by atoms with Gasteiger partial charge in [-0.25, -0.2) is 14.8 Å². The smallest absolute Gasteiger partial charge is 0.337 e. The highest BCUT2D eigenvalue weighted by molar-refractivity contribution is 6.02. The number of carbonyl (C=O) groups is 1. The zero-order valence-electron chi connectivity index (χ0n) is 10.8. The number of para-hydroxylation sites is 1. The van der Waals surface area contributed by atoms with Gasteiger partial charge in [0.15, 0.2) is 0 Å². The van der Waals surface area contributed by atoms with Gasteiger partial charge >= 0.3 is 5.97 Å². The molecule has 2 aromatic carbocycles. The number of aromatic carboxylic acids is 1. The lowest BCUT2D eigenvalue weighted by Gasteiger charge is -2.06. The van der Waals surface area contributed by atoms with E-state index in [9.17, 15) is 9.90 Å². The maximum absolute atomic E-state index is 11.2. The number of rotatable bonds is 3. The Bertz CT molecular complexity index is 815. The molecule has 0 fully saturated rings. The Labute approximate surface area is 114 Å². The summed E-state index contributed by atoms with van der Waals surface area (Å²) in [6.45, 7) is 2.46. The molecule has 5 nitrogen and oxygen atoms in total. The van der Waals surface area contributed by atoms with Crippen LogP contribution in [0.5, 0.6) is 5.75 Å². The van der Waals surface area contributed by atoms with Crippen LogP contribution in [0.25, 0.3) is 22.1 Å². The highest BCUT2D eigenvalue weighted by atomic mass is 16.5. The molecule has 0 aliphatic heterocycles. The van der Waals surface area contributed by atoms with E-state index in [0.717, 1.165) is 0 Å². The van der Waals surface area contributed by atoms with E-state index in [4.69, 9.17) is 4.74 Å². The molecule has 0 aliphatic rings. The molecule has 0 atom stereocenters. The molecule has 0 spiro atoms. The molecule has 20 heavy (non-hydrogen) atoms. The topological polar surface area (TPSA) is 72.3 Å². The summed E-state index contributed by atoms with van der Waals surface area (Å²) in [4.78, 5) is 20.1. The van der Waals surface area contributed by atoms with Crippen molar-refractivity contribution in [2.75, 3.05) is 6.61 Å². The summed E-state index contributed by atoms with van der Waals surface area (Å²) in [7, 11) is 0. The maximum Gasteiger partial charge on any atom is 0.337 e. The number of carboxylic acid groups (broad SMARTS) is 1. The third kappa shape index (κ3) is 2.03. The van der Waals surface area contributed by atoms with Crippen molar-refractivity contribution in [3.63, 3.8) is 0 Å². The normalized spacial score (nSPS) is 10.8. The van der Waals surface area contributed by atoms with E-state index in [2.05, 4.69) is 9.97 Å². The van der Waals surface area contributed by atoms with E-state index in [1.54, 1.807) is 18.2 Å². The van der Waals surface area contributed by atoms with Crippen molar-refractivity contribution in [3.8, 4) is 5.75 Å². The molecular weight excluding hydrogens is 256 g/mol. The molecule has 0 aliphatic carbocycles. The number of carboxylic acids is 1. The molecule has 0 amide bonds. The Morgan fingerprint density at radius 3 is 2.75 bits per heavy atom. The Kier molecular flexibility index (Phi) is 2.95. The SMILES string of the molecule is CCOc1ccc2nc3cccc(C(=O)O)c3nc2c1. The Morgan fingerprint density at radius 1 is 1.15 bits per heavy atom. The van der Waals surface area contributed by atoms with Crippen molar-refractivity contribution in [1.82, 2.24) is 9.97 Å². The lowest BCUT2D eigenvalue weighted by molar-refractivity contribution is 0.0699. The van der Waals surface area contributed by atoms with Crippen LogP contribution in [0, 0.1) is 0 Å². The van der Waals surface area contributed by atoms with Crippen LogP contribution in [0.15, 0.2) is 36.4 Å². The molecule has 3 aromatic rings. The second-order valence-corrected chi connectivity index (χ2v) is 4.29. The van der Waals surface area contributed by atoms with Gasteiger partial charge in [0.1, 0.15) is 11.3 Å². The van der Waals surface area contributed by atoms with Gasteiger partial charge in [0.2, 0.25) is 0 Å². The molecule has 0 unspecified atom stereocenters. The van der Waals surface area contributed by atoms with Crippen LogP contribution in [0.4, 0.5) is 0 Å². The summed E-state index contributed by atoms with van der Waals surface area (Å²) >= 11 is 0. The Hall–Kier alpha value is -2.69. The second-order valence-electron chi connectivity index (χ2n) is 4.29. The van der Waals surface area contributed by atoms with Gasteiger partial charge in [-0.05, 0) is 31.2 Å². The predicted molar refractivity (Wildman–Crippen MR) is 75.2 cm³/mol. The van der Waals surface area contributed by atoms with Crippen LogP contribution >= 0.6 is 0 Å². The van der Waals surface area contributed by atoms with E-state index >= 15 is 0 Å². The van der Waals surface area contributed by atoms with Crippen LogP contribution in [0.3, 0.4) is 0 Å². The first kappa shape index (κ1) is 12.3. The first-order valence-corrected chi connectivity index (χ1v) is 6.25. The van der Waals surface area contributed by atoms with Crippen molar-refractivity contribution in [2.24, 2.45) is 0 Å². The van der Waals surface area contributed by atoms with E-state index in [0.29, 0.717) is 34.4 Å². The fourth-order valence-corrected chi connectivity index (χ4v) is 2.11. The molecule has 1 aromatic heterocycles. The molecule has 0 saturated heterocycles. The number of aromatic nitrogens is 2. The summed E-state index contributed by atoms with van der Waals surface area (Å²) in [5.41, 5.74) is 2.45. The van der Waals surface area contributed by atoms with Crippen molar-refractivity contribution >= 4 is 28.0 Å². The number of nitrogens with zero attached hydrogens (tertiary/aromatic N) is 2. The van der Waals surface area contributed by atoms with Crippen molar-refractivity contribution < 1.29 is 14.6 Å². The van der Waals surface area contributed by atoms with Crippen molar-refractivity contribution in [3.05, 3.63) is 42.0 Å². The number of hydrogen-bond donors (Lipinski definition) is 1. The zero-order chi connectivity index (χ0) is 14.1. The molecule has 0 saturated carbocycles. The summed E-state index contributed by atoms with van der Waals surface area (Å²) in [6.07, 6.45) is 0. The van der Waals surface area contributed by atoms with Gasteiger partial charge in [0.25, 0.3) is 0 Å². The summed E-state index contributed by atoms with van der Waals surface area (Å²) < 4.78 is 5.42. The quantitative estimate of drug-likeness (QED) is 0.739. The van der Waals surface area contributed by atoms with Crippen molar-refractivity contribution in [2.45, 2.75) is 6.92 Å².